The van der Waals surface area contributed by atoms with Gasteiger partial charge in [0.2, 0.25) is 18.6 Å². The summed E-state index contributed by atoms with van der Waals surface area (Å²) in [6.45, 7) is 1.46. The van der Waals surface area contributed by atoms with Crippen LogP contribution in [0.15, 0.2) is 39.2 Å². The summed E-state index contributed by atoms with van der Waals surface area (Å²) in [5.41, 5.74) is 0.332. The van der Waals surface area contributed by atoms with Crippen molar-refractivity contribution in [1.29, 1.82) is 0 Å². The smallest absolute Gasteiger partial charge is 0.332 e. The number of fused-ring (bicyclic) bond motifs is 2. The molecule has 5 rings (SSSR count). The highest BCUT2D eigenvalue weighted by molar-refractivity contribution is 7.17. The zero-order chi connectivity index (χ0) is 25.8. The number of nitrogens with one attached hydrogen (secondary N) is 2. The van der Waals surface area contributed by atoms with Crippen molar-refractivity contribution >= 4 is 33.4 Å². The van der Waals surface area contributed by atoms with Crippen LogP contribution in [0, 0.1) is 0 Å². The molecule has 2 aliphatic rings. The zero-order valence-corrected chi connectivity index (χ0v) is 21.0. The van der Waals surface area contributed by atoms with Gasteiger partial charge < -0.3 is 24.8 Å². The number of rotatable bonds is 10. The summed E-state index contributed by atoms with van der Waals surface area (Å²) in [4.78, 5) is 51.1. The van der Waals surface area contributed by atoms with E-state index < -0.39 is 11.2 Å². The Morgan fingerprint density at radius 2 is 1.92 bits per heavy atom. The van der Waals surface area contributed by atoms with Gasteiger partial charge in [0.15, 0.2) is 11.5 Å². The van der Waals surface area contributed by atoms with Crippen LogP contribution < -0.4 is 31.4 Å². The summed E-state index contributed by atoms with van der Waals surface area (Å²) >= 11 is 1.22. The molecule has 1 fully saturated rings. The third-order valence-corrected chi connectivity index (χ3v) is 7.29. The SMILES string of the molecule is O=C(CCCn1c(=O)c2sccc2n(CC(=O)NC[C@@H]2CCCO2)c1=O)NCc1ccc2c(c1)OCO2. The van der Waals surface area contributed by atoms with E-state index >= 15 is 0 Å². The Morgan fingerprint density at radius 3 is 2.76 bits per heavy atom. The van der Waals surface area contributed by atoms with Crippen molar-refractivity contribution in [3.8, 4) is 11.5 Å². The number of carbonyl (C=O) groups excluding carboxylic acids is 2. The number of aromatic nitrogens is 2. The lowest BCUT2D eigenvalue weighted by molar-refractivity contribution is -0.122. The number of amides is 2. The highest BCUT2D eigenvalue weighted by Gasteiger charge is 2.19. The second kappa shape index (κ2) is 11.2. The molecule has 2 aromatic heterocycles. The van der Waals surface area contributed by atoms with E-state index in [0.717, 1.165) is 23.0 Å². The molecular formula is C25H28N4O7S. The quantitative estimate of drug-likeness (QED) is 0.406. The van der Waals surface area contributed by atoms with E-state index in [9.17, 15) is 19.2 Å². The van der Waals surface area contributed by atoms with Crippen LogP contribution in [-0.4, -0.2) is 47.0 Å². The standard InChI is InChI=1S/C25H28N4O7S/c30-21(26-12-16-5-6-19-20(11-16)36-15-35-19)4-1-8-28-24(32)23-18(7-10-37-23)29(25(28)33)14-22(31)27-13-17-3-2-9-34-17/h5-7,10-11,17H,1-4,8-9,12-15H2,(H,26,30)(H,27,31)/t17-/m0/s1. The average molecular weight is 529 g/mol. The molecular weight excluding hydrogens is 500 g/mol. The Kier molecular flexibility index (Phi) is 7.56. The first-order valence-electron chi connectivity index (χ1n) is 12.2. The lowest BCUT2D eigenvalue weighted by Gasteiger charge is -2.14. The molecule has 1 aromatic carbocycles. The van der Waals surface area contributed by atoms with Crippen LogP contribution in [0.2, 0.25) is 0 Å². The summed E-state index contributed by atoms with van der Waals surface area (Å²) < 4.78 is 19.0. The molecule has 2 aliphatic heterocycles. The van der Waals surface area contributed by atoms with Gasteiger partial charge in [0.1, 0.15) is 11.2 Å². The molecule has 11 nitrogen and oxygen atoms in total. The van der Waals surface area contributed by atoms with Crippen molar-refractivity contribution < 1.29 is 23.8 Å². The normalized spacial score (nSPS) is 16.3. The summed E-state index contributed by atoms with van der Waals surface area (Å²) in [5, 5.41) is 7.38. The molecule has 3 aromatic rings. The van der Waals surface area contributed by atoms with Gasteiger partial charge in [-0.25, -0.2) is 4.79 Å². The van der Waals surface area contributed by atoms with E-state index in [-0.39, 0.29) is 44.2 Å². The van der Waals surface area contributed by atoms with Gasteiger partial charge in [-0.2, -0.15) is 0 Å². The molecule has 12 heteroatoms. The minimum absolute atomic E-state index is 0.00742. The second-order valence-electron chi connectivity index (χ2n) is 8.97. The molecule has 196 valence electrons. The van der Waals surface area contributed by atoms with E-state index in [0.29, 0.717) is 47.8 Å². The minimum atomic E-state index is -0.566. The number of thiophene rings is 1. The van der Waals surface area contributed by atoms with Crippen molar-refractivity contribution in [3.05, 3.63) is 56.0 Å². The monoisotopic (exact) mass is 528 g/mol. The van der Waals surface area contributed by atoms with Crippen molar-refractivity contribution in [2.24, 2.45) is 0 Å². The van der Waals surface area contributed by atoms with Gasteiger partial charge in [-0.1, -0.05) is 6.07 Å². The largest absolute Gasteiger partial charge is 0.454 e. The first kappa shape index (κ1) is 25.0. The minimum Gasteiger partial charge on any atom is -0.454 e. The highest BCUT2D eigenvalue weighted by atomic mass is 32.1. The molecule has 1 atom stereocenters. The van der Waals surface area contributed by atoms with Crippen molar-refractivity contribution in [2.75, 3.05) is 19.9 Å². The Morgan fingerprint density at radius 1 is 1.05 bits per heavy atom. The van der Waals surface area contributed by atoms with E-state index in [1.807, 2.05) is 12.1 Å². The molecule has 0 saturated carbocycles. The van der Waals surface area contributed by atoms with Crippen LogP contribution in [0.25, 0.3) is 10.2 Å². The van der Waals surface area contributed by atoms with Gasteiger partial charge in [0.25, 0.3) is 5.56 Å². The zero-order valence-electron chi connectivity index (χ0n) is 20.2. The van der Waals surface area contributed by atoms with E-state index in [2.05, 4.69) is 10.6 Å². The Balaban J connectivity index is 1.19. The number of ether oxygens (including phenoxy) is 3. The summed E-state index contributed by atoms with van der Waals surface area (Å²) in [6, 6.07) is 7.13. The molecule has 4 heterocycles. The fourth-order valence-electron chi connectivity index (χ4n) is 4.45. The van der Waals surface area contributed by atoms with Gasteiger partial charge in [-0.15, -0.1) is 11.3 Å². The fraction of sp³-hybridized carbons (Fsp3) is 0.440. The number of benzene rings is 1. The first-order chi connectivity index (χ1) is 18.0. The summed E-state index contributed by atoms with van der Waals surface area (Å²) in [5.74, 6) is 0.802. The lowest BCUT2D eigenvalue weighted by atomic mass is 10.2. The molecule has 0 aliphatic carbocycles. The fourth-order valence-corrected chi connectivity index (χ4v) is 5.30. The van der Waals surface area contributed by atoms with Crippen LogP contribution in [0.3, 0.4) is 0 Å². The van der Waals surface area contributed by atoms with E-state index in [4.69, 9.17) is 14.2 Å². The predicted molar refractivity (Wildman–Crippen MR) is 136 cm³/mol. The average Bonchev–Trinajstić information content (AvgIpc) is 3.67. The summed E-state index contributed by atoms with van der Waals surface area (Å²) in [6.07, 6.45) is 2.29. The van der Waals surface area contributed by atoms with Crippen LogP contribution in [0.4, 0.5) is 0 Å². The predicted octanol–water partition coefficient (Wildman–Crippen LogP) is 1.35. The van der Waals surface area contributed by atoms with E-state index in [1.54, 1.807) is 17.5 Å². The first-order valence-corrected chi connectivity index (χ1v) is 13.1. The number of carbonyl (C=O) groups is 2. The maximum Gasteiger partial charge on any atom is 0.332 e. The van der Waals surface area contributed by atoms with Crippen molar-refractivity contribution in [2.45, 2.75) is 51.4 Å². The number of nitrogens with zero attached hydrogens (tertiary/aromatic N) is 2. The lowest BCUT2D eigenvalue weighted by Crippen LogP contribution is -2.43. The van der Waals surface area contributed by atoms with Gasteiger partial charge in [-0.3, -0.25) is 23.5 Å². The molecule has 0 unspecified atom stereocenters. The van der Waals surface area contributed by atoms with Crippen LogP contribution in [0.5, 0.6) is 11.5 Å². The maximum absolute atomic E-state index is 13.2. The molecule has 0 radical (unpaired) electrons. The second-order valence-corrected chi connectivity index (χ2v) is 9.88. The van der Waals surface area contributed by atoms with Crippen molar-refractivity contribution in [3.63, 3.8) is 0 Å². The maximum atomic E-state index is 13.2. The molecule has 37 heavy (non-hydrogen) atoms. The number of hydrogen-bond acceptors (Lipinski definition) is 8. The Labute approximate surface area is 215 Å². The van der Waals surface area contributed by atoms with Crippen molar-refractivity contribution in [1.82, 2.24) is 19.8 Å². The van der Waals surface area contributed by atoms with Gasteiger partial charge in [0, 0.05) is 32.7 Å². The molecule has 2 amide bonds. The van der Waals surface area contributed by atoms with E-state index in [1.165, 1.54) is 15.9 Å². The van der Waals surface area contributed by atoms with Gasteiger partial charge in [0.05, 0.1) is 11.6 Å². The Bertz CT molecular complexity index is 1420. The number of hydrogen-bond donors (Lipinski definition) is 2. The molecule has 0 bridgehead atoms. The molecule has 0 spiro atoms. The third-order valence-electron chi connectivity index (χ3n) is 6.40. The third kappa shape index (κ3) is 5.70. The molecule has 2 N–H and O–H groups in total. The summed E-state index contributed by atoms with van der Waals surface area (Å²) in [7, 11) is 0. The van der Waals surface area contributed by atoms with Crippen LogP contribution in [-0.2, 0) is 34.0 Å². The highest BCUT2D eigenvalue weighted by Crippen LogP contribution is 2.32. The topological polar surface area (TPSA) is 130 Å². The van der Waals surface area contributed by atoms with Crippen LogP contribution >= 0.6 is 11.3 Å². The van der Waals surface area contributed by atoms with Gasteiger partial charge >= 0.3 is 5.69 Å². The van der Waals surface area contributed by atoms with Gasteiger partial charge in [-0.05, 0) is 48.4 Å². The molecule has 1 saturated heterocycles. The van der Waals surface area contributed by atoms with Crippen LogP contribution in [0.1, 0.15) is 31.2 Å². The Hall–Kier alpha value is -3.64.